The van der Waals surface area contributed by atoms with E-state index in [4.69, 9.17) is 4.74 Å². The monoisotopic (exact) mass is 339 g/mol. The maximum Gasteiger partial charge on any atom is 0.256 e. The molecule has 1 aliphatic heterocycles. The van der Waals surface area contributed by atoms with Crippen LogP contribution >= 0.6 is 0 Å². The minimum atomic E-state index is -0.401. The lowest BCUT2D eigenvalue weighted by molar-refractivity contribution is -0.124. The van der Waals surface area contributed by atoms with Gasteiger partial charge in [0.1, 0.15) is 11.8 Å². The summed E-state index contributed by atoms with van der Waals surface area (Å²) in [7, 11) is 3.21. The fraction of sp³-hybridized carbons (Fsp3) is 0.316. The molecule has 0 bridgehead atoms. The van der Waals surface area contributed by atoms with Crippen molar-refractivity contribution in [2.45, 2.75) is 18.9 Å². The molecule has 0 radical (unpaired) electrons. The summed E-state index contributed by atoms with van der Waals surface area (Å²) in [5, 5.41) is 2.63. The molecule has 0 spiro atoms. The van der Waals surface area contributed by atoms with Crippen LogP contribution in [0, 0.1) is 0 Å². The van der Waals surface area contributed by atoms with Crippen molar-refractivity contribution in [1.82, 2.24) is 15.2 Å². The summed E-state index contributed by atoms with van der Waals surface area (Å²) in [6, 6.07) is 9.00. The van der Waals surface area contributed by atoms with Crippen LogP contribution in [0.1, 0.15) is 23.2 Å². The van der Waals surface area contributed by atoms with Crippen molar-refractivity contribution >= 4 is 11.8 Å². The van der Waals surface area contributed by atoms with E-state index in [0.717, 1.165) is 23.3 Å². The van der Waals surface area contributed by atoms with Gasteiger partial charge in [-0.15, -0.1) is 0 Å². The van der Waals surface area contributed by atoms with Gasteiger partial charge in [0.25, 0.3) is 5.91 Å². The molecule has 0 saturated carbocycles. The lowest BCUT2D eigenvalue weighted by Gasteiger charge is -2.23. The number of carbonyl (C=O) groups excluding carboxylic acids is 2. The summed E-state index contributed by atoms with van der Waals surface area (Å²) in [4.78, 5) is 30.7. The molecule has 130 valence electrons. The Bertz CT molecular complexity index is 774. The Balaban J connectivity index is 1.85. The molecular formula is C19H21N3O3. The number of aromatic nitrogens is 1. The lowest BCUT2D eigenvalue weighted by atomic mass is 10.1. The topological polar surface area (TPSA) is 71.5 Å². The highest BCUT2D eigenvalue weighted by molar-refractivity contribution is 5.98. The molecule has 25 heavy (non-hydrogen) atoms. The second kappa shape index (κ2) is 7.34. The van der Waals surface area contributed by atoms with Crippen LogP contribution in [0.15, 0.2) is 42.7 Å². The smallest absolute Gasteiger partial charge is 0.256 e. The molecule has 1 aromatic heterocycles. The summed E-state index contributed by atoms with van der Waals surface area (Å²) >= 11 is 0. The van der Waals surface area contributed by atoms with Gasteiger partial charge in [0, 0.05) is 31.5 Å². The summed E-state index contributed by atoms with van der Waals surface area (Å²) in [5.41, 5.74) is 2.29. The Kier molecular flexibility index (Phi) is 4.97. The number of benzene rings is 1. The molecule has 6 nitrogen and oxygen atoms in total. The lowest BCUT2D eigenvalue weighted by Crippen LogP contribution is -2.44. The van der Waals surface area contributed by atoms with E-state index in [2.05, 4.69) is 10.3 Å². The van der Waals surface area contributed by atoms with E-state index in [9.17, 15) is 9.59 Å². The molecule has 2 aromatic rings. The number of carbonyl (C=O) groups is 2. The average Bonchev–Trinajstić information content (AvgIpc) is 3.16. The van der Waals surface area contributed by atoms with E-state index < -0.39 is 6.04 Å². The molecule has 1 N–H and O–H groups in total. The molecule has 2 heterocycles. The first-order chi connectivity index (χ1) is 12.1. The van der Waals surface area contributed by atoms with E-state index >= 15 is 0 Å². The van der Waals surface area contributed by atoms with E-state index in [0.29, 0.717) is 18.5 Å². The standard InChI is InChI=1S/C19H21N3O3/c1-20-18(23)17-4-3-9-22(17)19(24)15-10-14(11-21-12-15)13-5-7-16(25-2)8-6-13/h5-8,10-12,17H,3-4,9H2,1-2H3,(H,20,23). The van der Waals surface area contributed by atoms with Crippen molar-refractivity contribution in [2.24, 2.45) is 0 Å². The number of nitrogens with zero attached hydrogens (tertiary/aromatic N) is 2. The maximum absolute atomic E-state index is 12.8. The normalized spacial score (nSPS) is 16.6. The van der Waals surface area contributed by atoms with Gasteiger partial charge in [-0.3, -0.25) is 14.6 Å². The van der Waals surface area contributed by atoms with Crippen molar-refractivity contribution in [3.8, 4) is 16.9 Å². The van der Waals surface area contributed by atoms with Gasteiger partial charge >= 0.3 is 0 Å². The first kappa shape index (κ1) is 17.0. The van der Waals surface area contributed by atoms with E-state index in [1.165, 1.54) is 0 Å². The maximum atomic E-state index is 12.8. The van der Waals surface area contributed by atoms with Gasteiger partial charge in [-0.1, -0.05) is 12.1 Å². The van der Waals surface area contributed by atoms with Crippen LogP contribution in [0.4, 0.5) is 0 Å². The third-order valence-electron chi connectivity index (χ3n) is 4.47. The van der Waals surface area contributed by atoms with Gasteiger partial charge < -0.3 is 15.0 Å². The first-order valence-electron chi connectivity index (χ1n) is 8.26. The molecule has 1 saturated heterocycles. The zero-order valence-corrected chi connectivity index (χ0v) is 14.4. The van der Waals surface area contributed by atoms with Gasteiger partial charge in [-0.2, -0.15) is 0 Å². The minimum Gasteiger partial charge on any atom is -0.497 e. The Labute approximate surface area is 146 Å². The molecule has 1 unspecified atom stereocenters. The molecule has 1 atom stereocenters. The summed E-state index contributed by atoms with van der Waals surface area (Å²) in [5.74, 6) is 0.494. The van der Waals surface area contributed by atoms with Gasteiger partial charge in [0.15, 0.2) is 0 Å². The van der Waals surface area contributed by atoms with Crippen LogP contribution in [0.25, 0.3) is 11.1 Å². The number of hydrogen-bond acceptors (Lipinski definition) is 4. The quantitative estimate of drug-likeness (QED) is 0.926. The number of rotatable bonds is 4. The molecule has 6 heteroatoms. The van der Waals surface area contributed by atoms with Gasteiger partial charge in [0.2, 0.25) is 5.91 Å². The van der Waals surface area contributed by atoms with E-state index in [1.807, 2.05) is 30.3 Å². The molecule has 0 aliphatic carbocycles. The third kappa shape index (κ3) is 3.47. The fourth-order valence-electron chi connectivity index (χ4n) is 3.11. The second-order valence-corrected chi connectivity index (χ2v) is 5.96. The van der Waals surface area contributed by atoms with Crippen LogP contribution in [0.3, 0.4) is 0 Å². The predicted octanol–water partition coefficient (Wildman–Crippen LogP) is 2.11. The number of likely N-dealkylation sites (tertiary alicyclic amines) is 1. The number of nitrogens with one attached hydrogen (secondary N) is 1. The molecule has 2 amide bonds. The fourth-order valence-corrected chi connectivity index (χ4v) is 3.11. The average molecular weight is 339 g/mol. The zero-order valence-electron chi connectivity index (χ0n) is 14.4. The Morgan fingerprint density at radius 1 is 1.20 bits per heavy atom. The summed E-state index contributed by atoms with van der Waals surface area (Å²) in [6.07, 6.45) is 4.79. The Morgan fingerprint density at radius 3 is 2.64 bits per heavy atom. The van der Waals surface area contributed by atoms with E-state index in [-0.39, 0.29) is 11.8 Å². The van der Waals surface area contributed by atoms with Gasteiger partial charge in [-0.05, 0) is 36.6 Å². The molecule has 1 fully saturated rings. The zero-order chi connectivity index (χ0) is 17.8. The number of ether oxygens (including phenoxy) is 1. The van der Waals surface area contributed by atoms with Crippen molar-refractivity contribution in [3.63, 3.8) is 0 Å². The SMILES string of the molecule is CNC(=O)C1CCCN1C(=O)c1cncc(-c2ccc(OC)cc2)c1. The molecule has 3 rings (SSSR count). The highest BCUT2D eigenvalue weighted by Gasteiger charge is 2.34. The third-order valence-corrected chi connectivity index (χ3v) is 4.47. The number of likely N-dealkylation sites (N-methyl/N-ethyl adjacent to an activating group) is 1. The molecule has 1 aromatic carbocycles. The Morgan fingerprint density at radius 2 is 1.96 bits per heavy atom. The first-order valence-corrected chi connectivity index (χ1v) is 8.26. The predicted molar refractivity (Wildman–Crippen MR) is 94.4 cm³/mol. The van der Waals surface area contributed by atoms with E-state index in [1.54, 1.807) is 31.5 Å². The van der Waals surface area contributed by atoms with Crippen LogP contribution < -0.4 is 10.1 Å². The Hall–Kier alpha value is -2.89. The molecule has 1 aliphatic rings. The molecular weight excluding hydrogens is 318 g/mol. The largest absolute Gasteiger partial charge is 0.497 e. The van der Waals surface area contributed by atoms with Crippen LogP contribution in [0.2, 0.25) is 0 Å². The van der Waals surface area contributed by atoms with Crippen molar-refractivity contribution in [2.75, 3.05) is 20.7 Å². The highest BCUT2D eigenvalue weighted by atomic mass is 16.5. The number of pyridine rings is 1. The van der Waals surface area contributed by atoms with Crippen LogP contribution in [-0.2, 0) is 4.79 Å². The van der Waals surface area contributed by atoms with Crippen molar-refractivity contribution in [1.29, 1.82) is 0 Å². The second-order valence-electron chi connectivity index (χ2n) is 5.96. The van der Waals surface area contributed by atoms with Gasteiger partial charge in [0.05, 0.1) is 12.7 Å². The summed E-state index contributed by atoms with van der Waals surface area (Å²) in [6.45, 7) is 0.587. The number of hydrogen-bond donors (Lipinski definition) is 1. The highest BCUT2D eigenvalue weighted by Crippen LogP contribution is 2.25. The van der Waals surface area contributed by atoms with Crippen LogP contribution in [0.5, 0.6) is 5.75 Å². The van der Waals surface area contributed by atoms with Crippen molar-refractivity contribution in [3.05, 3.63) is 48.3 Å². The minimum absolute atomic E-state index is 0.120. The number of amides is 2. The number of methoxy groups -OCH3 is 1. The van der Waals surface area contributed by atoms with Gasteiger partial charge in [-0.25, -0.2) is 0 Å². The van der Waals surface area contributed by atoms with Crippen LogP contribution in [-0.4, -0.2) is 48.4 Å². The van der Waals surface area contributed by atoms with Crippen molar-refractivity contribution < 1.29 is 14.3 Å². The summed E-state index contributed by atoms with van der Waals surface area (Å²) < 4.78 is 5.17.